The van der Waals surface area contributed by atoms with Crippen molar-refractivity contribution in [3.05, 3.63) is 54.1 Å². The summed E-state index contributed by atoms with van der Waals surface area (Å²) in [6.45, 7) is 0.549. The lowest BCUT2D eigenvalue weighted by molar-refractivity contribution is 0.252. The lowest BCUT2D eigenvalue weighted by Crippen LogP contribution is -2.30. The van der Waals surface area contributed by atoms with Gasteiger partial charge in [-0.3, -0.25) is 0 Å². The molecular weight excluding hydrogens is 280 g/mol. The van der Waals surface area contributed by atoms with E-state index in [0.717, 1.165) is 17.7 Å². The Bertz CT molecular complexity index is 612. The molecule has 116 valence electrons. The van der Waals surface area contributed by atoms with Gasteiger partial charge in [0.1, 0.15) is 11.5 Å². The maximum atomic E-state index is 11.9. The predicted octanol–water partition coefficient (Wildman–Crippen LogP) is 3.07. The van der Waals surface area contributed by atoms with Crippen LogP contribution in [0, 0.1) is 0 Å². The Labute approximate surface area is 130 Å². The largest absolute Gasteiger partial charge is 0.497 e. The zero-order valence-corrected chi connectivity index (χ0v) is 12.8. The molecule has 0 fully saturated rings. The van der Waals surface area contributed by atoms with Gasteiger partial charge in [0.2, 0.25) is 0 Å². The highest BCUT2D eigenvalue weighted by Gasteiger charge is 2.05. The van der Waals surface area contributed by atoms with Crippen molar-refractivity contribution in [1.82, 2.24) is 5.32 Å². The smallest absolute Gasteiger partial charge is 0.319 e. The Kier molecular flexibility index (Phi) is 5.65. The van der Waals surface area contributed by atoms with E-state index in [4.69, 9.17) is 9.47 Å². The van der Waals surface area contributed by atoms with Crippen LogP contribution in [-0.2, 0) is 6.42 Å². The highest BCUT2D eigenvalue weighted by atomic mass is 16.5. The number of benzene rings is 2. The second-order valence-corrected chi connectivity index (χ2v) is 4.68. The number of hydrogen-bond donors (Lipinski definition) is 2. The lowest BCUT2D eigenvalue weighted by atomic mass is 10.1. The number of urea groups is 1. The van der Waals surface area contributed by atoms with Gasteiger partial charge in [0.05, 0.1) is 19.9 Å². The molecule has 0 aliphatic carbocycles. The van der Waals surface area contributed by atoms with E-state index in [2.05, 4.69) is 10.6 Å². The molecule has 0 bridgehead atoms. The SMILES string of the molecule is COc1ccc(CCNC(=O)Nc2ccccc2OC)cc1. The molecule has 2 N–H and O–H groups in total. The van der Waals surface area contributed by atoms with Crippen LogP contribution in [0.3, 0.4) is 0 Å². The van der Waals surface area contributed by atoms with Crippen LogP contribution in [0.2, 0.25) is 0 Å². The van der Waals surface area contributed by atoms with Gasteiger partial charge in [-0.2, -0.15) is 0 Å². The molecular formula is C17H20N2O3. The molecule has 2 aromatic carbocycles. The van der Waals surface area contributed by atoms with Gasteiger partial charge in [-0.1, -0.05) is 24.3 Å². The summed E-state index contributed by atoms with van der Waals surface area (Å²) in [7, 11) is 3.21. The summed E-state index contributed by atoms with van der Waals surface area (Å²) in [5, 5.41) is 5.59. The molecule has 0 saturated heterocycles. The molecule has 0 heterocycles. The number of carbonyl (C=O) groups excluding carboxylic acids is 1. The molecule has 0 saturated carbocycles. The molecule has 2 amide bonds. The standard InChI is InChI=1S/C17H20N2O3/c1-21-14-9-7-13(8-10-14)11-12-18-17(20)19-15-5-3-4-6-16(15)22-2/h3-10H,11-12H2,1-2H3,(H2,18,19,20). The molecule has 0 aliphatic rings. The van der Waals surface area contributed by atoms with Crippen molar-refractivity contribution < 1.29 is 14.3 Å². The summed E-state index contributed by atoms with van der Waals surface area (Å²) >= 11 is 0. The Morgan fingerprint density at radius 1 is 1.00 bits per heavy atom. The van der Waals surface area contributed by atoms with Gasteiger partial charge >= 0.3 is 6.03 Å². The minimum Gasteiger partial charge on any atom is -0.497 e. The van der Waals surface area contributed by atoms with Crippen LogP contribution in [0.25, 0.3) is 0 Å². The fourth-order valence-electron chi connectivity index (χ4n) is 2.03. The first-order valence-corrected chi connectivity index (χ1v) is 7.03. The van der Waals surface area contributed by atoms with Gasteiger partial charge < -0.3 is 20.1 Å². The predicted molar refractivity (Wildman–Crippen MR) is 86.7 cm³/mol. The molecule has 2 rings (SSSR count). The van der Waals surface area contributed by atoms with Crippen LogP contribution < -0.4 is 20.1 Å². The summed E-state index contributed by atoms with van der Waals surface area (Å²) in [6, 6.07) is 14.8. The van der Waals surface area contributed by atoms with E-state index in [1.807, 2.05) is 36.4 Å². The van der Waals surface area contributed by atoms with Crippen LogP contribution in [0.1, 0.15) is 5.56 Å². The van der Waals surface area contributed by atoms with E-state index >= 15 is 0 Å². The topological polar surface area (TPSA) is 59.6 Å². The van der Waals surface area contributed by atoms with Crippen molar-refractivity contribution >= 4 is 11.7 Å². The van der Waals surface area contributed by atoms with E-state index in [1.165, 1.54) is 0 Å². The van der Waals surface area contributed by atoms with Crippen LogP contribution in [0.5, 0.6) is 11.5 Å². The van der Waals surface area contributed by atoms with Gasteiger partial charge in [-0.15, -0.1) is 0 Å². The monoisotopic (exact) mass is 300 g/mol. The molecule has 0 aromatic heterocycles. The number of ether oxygens (including phenoxy) is 2. The Balaban J connectivity index is 1.80. The third kappa shape index (κ3) is 4.41. The first-order valence-electron chi connectivity index (χ1n) is 7.03. The van der Waals surface area contributed by atoms with Crippen molar-refractivity contribution in [2.45, 2.75) is 6.42 Å². The summed E-state index contributed by atoms with van der Waals surface area (Å²) < 4.78 is 10.3. The molecule has 0 unspecified atom stereocenters. The first kappa shape index (κ1) is 15.7. The molecule has 5 nitrogen and oxygen atoms in total. The highest BCUT2D eigenvalue weighted by molar-refractivity contribution is 5.90. The maximum Gasteiger partial charge on any atom is 0.319 e. The fourth-order valence-corrected chi connectivity index (χ4v) is 2.03. The van der Waals surface area contributed by atoms with Crippen molar-refractivity contribution in [1.29, 1.82) is 0 Å². The van der Waals surface area contributed by atoms with Crippen LogP contribution in [0.15, 0.2) is 48.5 Å². The second-order valence-electron chi connectivity index (χ2n) is 4.68. The summed E-state index contributed by atoms with van der Waals surface area (Å²) in [5.74, 6) is 1.46. The fraction of sp³-hybridized carbons (Fsp3) is 0.235. The zero-order chi connectivity index (χ0) is 15.8. The zero-order valence-electron chi connectivity index (χ0n) is 12.8. The van der Waals surface area contributed by atoms with Gasteiger partial charge in [-0.05, 0) is 36.2 Å². The van der Waals surface area contributed by atoms with E-state index in [1.54, 1.807) is 26.4 Å². The van der Waals surface area contributed by atoms with E-state index in [0.29, 0.717) is 18.0 Å². The highest BCUT2D eigenvalue weighted by Crippen LogP contribution is 2.22. The Hall–Kier alpha value is -2.69. The van der Waals surface area contributed by atoms with Gasteiger partial charge in [0.15, 0.2) is 0 Å². The number of rotatable bonds is 6. The summed E-state index contributed by atoms with van der Waals surface area (Å²) in [6.07, 6.45) is 0.753. The number of para-hydroxylation sites is 2. The first-order chi connectivity index (χ1) is 10.7. The molecule has 0 atom stereocenters. The van der Waals surface area contributed by atoms with E-state index in [-0.39, 0.29) is 6.03 Å². The molecule has 5 heteroatoms. The van der Waals surface area contributed by atoms with Crippen LogP contribution >= 0.6 is 0 Å². The van der Waals surface area contributed by atoms with Crippen LogP contribution in [-0.4, -0.2) is 26.8 Å². The third-order valence-electron chi connectivity index (χ3n) is 3.21. The normalized spacial score (nSPS) is 9.91. The van der Waals surface area contributed by atoms with Crippen LogP contribution in [0.4, 0.5) is 10.5 Å². The maximum absolute atomic E-state index is 11.9. The van der Waals surface area contributed by atoms with Gasteiger partial charge in [-0.25, -0.2) is 4.79 Å². The lowest BCUT2D eigenvalue weighted by Gasteiger charge is -2.11. The third-order valence-corrected chi connectivity index (χ3v) is 3.21. The number of nitrogens with one attached hydrogen (secondary N) is 2. The van der Waals surface area contributed by atoms with Crippen molar-refractivity contribution in [3.8, 4) is 11.5 Å². The van der Waals surface area contributed by atoms with E-state index in [9.17, 15) is 4.79 Å². The summed E-state index contributed by atoms with van der Waals surface area (Å²) in [5.41, 5.74) is 1.78. The average Bonchev–Trinajstić information content (AvgIpc) is 2.56. The minimum absolute atomic E-state index is 0.252. The van der Waals surface area contributed by atoms with Gasteiger partial charge in [0, 0.05) is 6.54 Å². The second kappa shape index (κ2) is 7.93. The number of methoxy groups -OCH3 is 2. The molecule has 2 aromatic rings. The Morgan fingerprint density at radius 2 is 1.73 bits per heavy atom. The van der Waals surface area contributed by atoms with Crippen molar-refractivity contribution in [2.75, 3.05) is 26.1 Å². The Morgan fingerprint density at radius 3 is 2.41 bits per heavy atom. The quantitative estimate of drug-likeness (QED) is 0.862. The summed E-state index contributed by atoms with van der Waals surface area (Å²) in [4.78, 5) is 11.9. The van der Waals surface area contributed by atoms with Gasteiger partial charge in [0.25, 0.3) is 0 Å². The molecule has 0 aliphatic heterocycles. The number of amides is 2. The van der Waals surface area contributed by atoms with E-state index < -0.39 is 0 Å². The molecule has 0 spiro atoms. The molecule has 22 heavy (non-hydrogen) atoms. The average molecular weight is 300 g/mol. The number of hydrogen-bond acceptors (Lipinski definition) is 3. The van der Waals surface area contributed by atoms with Crippen molar-refractivity contribution in [2.24, 2.45) is 0 Å². The van der Waals surface area contributed by atoms with Crippen molar-refractivity contribution in [3.63, 3.8) is 0 Å². The molecule has 0 radical (unpaired) electrons. The minimum atomic E-state index is -0.252. The number of carbonyl (C=O) groups is 1. The number of anilines is 1.